The number of rotatable bonds is 3. The lowest BCUT2D eigenvalue weighted by atomic mass is 9.87. The van der Waals surface area contributed by atoms with Gasteiger partial charge in [0.1, 0.15) is 0 Å². The number of hydrogen-bond acceptors (Lipinski definition) is 1. The first kappa shape index (κ1) is 9.81. The summed E-state index contributed by atoms with van der Waals surface area (Å²) in [7, 11) is 0. The van der Waals surface area contributed by atoms with Crippen molar-refractivity contribution in [3.05, 3.63) is 0 Å². The predicted molar refractivity (Wildman–Crippen MR) is 56.2 cm³/mol. The molecule has 0 atom stereocenters. The average molecular weight is 196 g/mol. The van der Waals surface area contributed by atoms with E-state index >= 15 is 0 Å². The largest absolute Gasteiger partial charge is 0.336 e. The molecule has 1 aliphatic heterocycles. The van der Waals surface area contributed by atoms with Crippen LogP contribution in [0.3, 0.4) is 0 Å². The molecule has 2 fully saturated rings. The zero-order valence-electron chi connectivity index (χ0n) is 8.80. The van der Waals surface area contributed by atoms with Gasteiger partial charge in [-0.1, -0.05) is 32.1 Å². The Balaban J connectivity index is 1.68. The van der Waals surface area contributed by atoms with Gasteiger partial charge in [0, 0.05) is 19.6 Å². The van der Waals surface area contributed by atoms with Crippen molar-refractivity contribution in [2.75, 3.05) is 19.6 Å². The number of nitrogens with one attached hydrogen (secondary N) is 1. The first-order chi connectivity index (χ1) is 6.86. The Hall–Kier alpha value is -0.730. The van der Waals surface area contributed by atoms with Gasteiger partial charge < -0.3 is 10.2 Å². The van der Waals surface area contributed by atoms with E-state index in [1.807, 2.05) is 4.90 Å². The number of carbonyl (C=O) groups excluding carboxylic acids is 1. The Morgan fingerprint density at radius 2 is 2.07 bits per heavy atom. The van der Waals surface area contributed by atoms with E-state index in [9.17, 15) is 4.79 Å². The van der Waals surface area contributed by atoms with Crippen LogP contribution >= 0.6 is 0 Å². The van der Waals surface area contributed by atoms with Gasteiger partial charge in [-0.2, -0.15) is 0 Å². The Kier molecular flexibility index (Phi) is 3.27. The standard InChI is InChI=1S/C11H20N2O/c14-11-12-7-9-13(11)8-6-10-4-2-1-3-5-10/h10H,1-9H2,(H,12,14). The van der Waals surface area contributed by atoms with Crippen LogP contribution in [0, 0.1) is 5.92 Å². The molecule has 0 aromatic heterocycles. The third-order valence-electron chi connectivity index (χ3n) is 3.48. The van der Waals surface area contributed by atoms with Crippen LogP contribution in [0.1, 0.15) is 38.5 Å². The van der Waals surface area contributed by atoms with Gasteiger partial charge in [-0.15, -0.1) is 0 Å². The first-order valence-corrected chi connectivity index (χ1v) is 5.89. The zero-order chi connectivity index (χ0) is 9.80. The van der Waals surface area contributed by atoms with E-state index in [0.29, 0.717) is 0 Å². The molecule has 2 rings (SSSR count). The topological polar surface area (TPSA) is 32.3 Å². The van der Waals surface area contributed by atoms with Crippen LogP contribution < -0.4 is 5.32 Å². The number of urea groups is 1. The molecule has 3 heteroatoms. The van der Waals surface area contributed by atoms with Gasteiger partial charge in [0.15, 0.2) is 0 Å². The number of amides is 2. The molecule has 1 heterocycles. The molecule has 0 aromatic rings. The molecule has 14 heavy (non-hydrogen) atoms. The van der Waals surface area contributed by atoms with Gasteiger partial charge in [-0.25, -0.2) is 4.79 Å². The fourth-order valence-electron chi connectivity index (χ4n) is 2.54. The number of carbonyl (C=O) groups is 1. The monoisotopic (exact) mass is 196 g/mol. The van der Waals surface area contributed by atoms with E-state index < -0.39 is 0 Å². The molecule has 0 spiro atoms. The molecule has 1 N–H and O–H groups in total. The highest BCUT2D eigenvalue weighted by molar-refractivity contribution is 5.76. The smallest absolute Gasteiger partial charge is 0.317 e. The minimum Gasteiger partial charge on any atom is -0.336 e. The predicted octanol–water partition coefficient (Wildman–Crippen LogP) is 1.98. The van der Waals surface area contributed by atoms with Crippen molar-refractivity contribution in [3.63, 3.8) is 0 Å². The molecule has 0 radical (unpaired) electrons. The van der Waals surface area contributed by atoms with Crippen LogP contribution in [-0.4, -0.2) is 30.6 Å². The summed E-state index contributed by atoms with van der Waals surface area (Å²) < 4.78 is 0. The summed E-state index contributed by atoms with van der Waals surface area (Å²) in [6.45, 7) is 2.71. The summed E-state index contributed by atoms with van der Waals surface area (Å²) in [5, 5.41) is 2.84. The Morgan fingerprint density at radius 1 is 1.29 bits per heavy atom. The van der Waals surface area contributed by atoms with Crippen LogP contribution in [0.4, 0.5) is 4.79 Å². The van der Waals surface area contributed by atoms with Gasteiger partial charge in [0.25, 0.3) is 0 Å². The summed E-state index contributed by atoms with van der Waals surface area (Å²) in [5.41, 5.74) is 0. The molecule has 1 saturated carbocycles. The SMILES string of the molecule is O=C1NCCN1CCC1CCCCC1. The number of hydrogen-bond donors (Lipinski definition) is 1. The van der Waals surface area contributed by atoms with Crippen LogP contribution in [0.2, 0.25) is 0 Å². The second-order valence-electron chi connectivity index (χ2n) is 4.51. The van der Waals surface area contributed by atoms with E-state index in [2.05, 4.69) is 5.32 Å². The molecular formula is C11H20N2O. The Bertz CT molecular complexity index is 199. The maximum absolute atomic E-state index is 11.3. The lowest BCUT2D eigenvalue weighted by Gasteiger charge is -2.23. The quantitative estimate of drug-likeness (QED) is 0.735. The van der Waals surface area contributed by atoms with E-state index in [1.54, 1.807) is 0 Å². The molecular weight excluding hydrogens is 176 g/mol. The minimum absolute atomic E-state index is 0.140. The van der Waals surface area contributed by atoms with Gasteiger partial charge >= 0.3 is 6.03 Å². The molecule has 1 aliphatic carbocycles. The van der Waals surface area contributed by atoms with E-state index in [-0.39, 0.29) is 6.03 Å². The zero-order valence-corrected chi connectivity index (χ0v) is 8.80. The van der Waals surface area contributed by atoms with Crippen molar-refractivity contribution in [2.24, 2.45) is 5.92 Å². The van der Waals surface area contributed by atoms with Gasteiger partial charge in [-0.3, -0.25) is 0 Å². The fourth-order valence-corrected chi connectivity index (χ4v) is 2.54. The Morgan fingerprint density at radius 3 is 2.71 bits per heavy atom. The van der Waals surface area contributed by atoms with Crippen LogP contribution in [0.15, 0.2) is 0 Å². The van der Waals surface area contributed by atoms with Gasteiger partial charge in [0.2, 0.25) is 0 Å². The highest BCUT2D eigenvalue weighted by atomic mass is 16.2. The Labute approximate surface area is 85.8 Å². The summed E-state index contributed by atoms with van der Waals surface area (Å²) in [6, 6.07) is 0.140. The normalized spacial score (nSPS) is 24.0. The maximum Gasteiger partial charge on any atom is 0.317 e. The summed E-state index contributed by atoms with van der Waals surface area (Å²) in [5.74, 6) is 0.886. The highest BCUT2D eigenvalue weighted by Gasteiger charge is 2.21. The lowest BCUT2D eigenvalue weighted by molar-refractivity contribution is 0.210. The maximum atomic E-state index is 11.3. The molecule has 0 bridgehead atoms. The van der Waals surface area contributed by atoms with E-state index in [0.717, 1.165) is 25.6 Å². The van der Waals surface area contributed by atoms with Gasteiger partial charge in [-0.05, 0) is 12.3 Å². The molecule has 80 valence electrons. The van der Waals surface area contributed by atoms with Crippen molar-refractivity contribution in [1.29, 1.82) is 0 Å². The molecule has 3 nitrogen and oxygen atoms in total. The molecule has 2 amide bonds. The van der Waals surface area contributed by atoms with Gasteiger partial charge in [0.05, 0.1) is 0 Å². The lowest BCUT2D eigenvalue weighted by Crippen LogP contribution is -2.30. The molecule has 1 saturated heterocycles. The second kappa shape index (κ2) is 4.67. The van der Waals surface area contributed by atoms with Crippen molar-refractivity contribution < 1.29 is 4.79 Å². The molecule has 2 aliphatic rings. The van der Waals surface area contributed by atoms with E-state index in [4.69, 9.17) is 0 Å². The van der Waals surface area contributed by atoms with Crippen molar-refractivity contribution in [3.8, 4) is 0 Å². The van der Waals surface area contributed by atoms with Crippen molar-refractivity contribution >= 4 is 6.03 Å². The number of nitrogens with zero attached hydrogens (tertiary/aromatic N) is 1. The summed E-state index contributed by atoms with van der Waals surface area (Å²) >= 11 is 0. The molecule has 0 unspecified atom stereocenters. The second-order valence-corrected chi connectivity index (χ2v) is 4.51. The first-order valence-electron chi connectivity index (χ1n) is 5.89. The van der Waals surface area contributed by atoms with Crippen LogP contribution in [-0.2, 0) is 0 Å². The fraction of sp³-hybridized carbons (Fsp3) is 0.909. The van der Waals surface area contributed by atoms with Crippen molar-refractivity contribution in [2.45, 2.75) is 38.5 Å². The molecule has 0 aromatic carbocycles. The highest BCUT2D eigenvalue weighted by Crippen LogP contribution is 2.26. The summed E-state index contributed by atoms with van der Waals surface area (Å²) in [4.78, 5) is 13.2. The third kappa shape index (κ3) is 2.40. The third-order valence-corrected chi connectivity index (χ3v) is 3.48. The van der Waals surface area contributed by atoms with Crippen LogP contribution in [0.5, 0.6) is 0 Å². The summed E-state index contributed by atoms with van der Waals surface area (Å²) in [6.07, 6.45) is 8.20. The average Bonchev–Trinajstić information content (AvgIpc) is 2.63. The van der Waals surface area contributed by atoms with Crippen LogP contribution in [0.25, 0.3) is 0 Å². The van der Waals surface area contributed by atoms with Crippen molar-refractivity contribution in [1.82, 2.24) is 10.2 Å². The van der Waals surface area contributed by atoms with E-state index in [1.165, 1.54) is 38.5 Å². The minimum atomic E-state index is 0.140.